The molecule has 0 atom stereocenters. The molecule has 25 heavy (non-hydrogen) atoms. The van der Waals surface area contributed by atoms with Crippen LogP contribution < -0.4 is 4.84 Å². The first-order valence-corrected chi connectivity index (χ1v) is 8.34. The summed E-state index contributed by atoms with van der Waals surface area (Å²) in [5, 5.41) is 4.25. The van der Waals surface area contributed by atoms with Gasteiger partial charge < -0.3 is 9.25 Å². The van der Waals surface area contributed by atoms with Gasteiger partial charge in [-0.3, -0.25) is 4.90 Å². The lowest BCUT2D eigenvalue weighted by atomic mass is 10.2. The molecule has 1 aromatic heterocycles. The van der Waals surface area contributed by atoms with Crippen LogP contribution in [0.5, 0.6) is 5.75 Å². The van der Waals surface area contributed by atoms with E-state index in [9.17, 15) is 0 Å². The summed E-state index contributed by atoms with van der Waals surface area (Å²) in [5.74, 6) is 1.68. The zero-order chi connectivity index (χ0) is 17.3. The number of nitrogens with zero attached hydrogens (tertiary/aromatic N) is 2. The van der Waals surface area contributed by atoms with Crippen molar-refractivity contribution < 1.29 is 9.25 Å². The molecule has 128 valence electrons. The van der Waals surface area contributed by atoms with Crippen LogP contribution in [0.1, 0.15) is 18.2 Å². The van der Waals surface area contributed by atoms with Gasteiger partial charge in [0.2, 0.25) is 0 Å². The number of rotatable bonds is 8. The molecule has 0 aliphatic carbocycles. The van der Waals surface area contributed by atoms with Crippen molar-refractivity contribution in [1.29, 1.82) is 0 Å². The SMILES string of the molecule is C/C(CN(Cc1ccccc1)Cc1ccco1)=N\Oc1ccccc1. The molecule has 4 nitrogen and oxygen atoms in total. The summed E-state index contributed by atoms with van der Waals surface area (Å²) in [6, 6.07) is 23.9. The second-order valence-corrected chi connectivity index (χ2v) is 5.94. The Morgan fingerprint density at radius 2 is 1.64 bits per heavy atom. The number of furan rings is 1. The van der Waals surface area contributed by atoms with Crippen molar-refractivity contribution in [1.82, 2.24) is 4.90 Å². The molecular formula is C21H22N2O2. The van der Waals surface area contributed by atoms with Crippen molar-refractivity contribution in [2.24, 2.45) is 5.16 Å². The molecule has 1 heterocycles. The molecule has 2 aromatic carbocycles. The van der Waals surface area contributed by atoms with E-state index in [2.05, 4.69) is 34.3 Å². The van der Waals surface area contributed by atoms with Crippen molar-refractivity contribution >= 4 is 5.71 Å². The van der Waals surface area contributed by atoms with Crippen LogP contribution in [0.4, 0.5) is 0 Å². The fourth-order valence-corrected chi connectivity index (χ4v) is 2.60. The number of para-hydroxylation sites is 1. The van der Waals surface area contributed by atoms with Crippen molar-refractivity contribution in [3.8, 4) is 5.75 Å². The third-order valence-corrected chi connectivity index (χ3v) is 3.71. The second kappa shape index (κ2) is 8.85. The maximum Gasteiger partial charge on any atom is 0.157 e. The summed E-state index contributed by atoms with van der Waals surface area (Å²) < 4.78 is 5.50. The molecule has 0 aliphatic heterocycles. The van der Waals surface area contributed by atoms with Gasteiger partial charge in [0.05, 0.1) is 18.5 Å². The molecule has 4 heteroatoms. The van der Waals surface area contributed by atoms with Crippen molar-refractivity contribution in [2.75, 3.05) is 6.54 Å². The summed E-state index contributed by atoms with van der Waals surface area (Å²) in [7, 11) is 0. The first-order chi connectivity index (χ1) is 12.3. The third-order valence-electron chi connectivity index (χ3n) is 3.71. The maximum absolute atomic E-state index is 5.50. The van der Waals surface area contributed by atoms with E-state index in [-0.39, 0.29) is 0 Å². The molecule has 0 spiro atoms. The van der Waals surface area contributed by atoms with Crippen LogP contribution in [0.3, 0.4) is 0 Å². The fraction of sp³-hybridized carbons (Fsp3) is 0.190. The first kappa shape index (κ1) is 17.0. The summed E-state index contributed by atoms with van der Waals surface area (Å²) in [4.78, 5) is 7.77. The summed E-state index contributed by atoms with van der Waals surface area (Å²) in [5.41, 5.74) is 2.16. The molecule has 0 saturated heterocycles. The predicted molar refractivity (Wildman–Crippen MR) is 99.4 cm³/mol. The van der Waals surface area contributed by atoms with Crippen LogP contribution in [0.2, 0.25) is 0 Å². The minimum atomic E-state index is 0.697. The topological polar surface area (TPSA) is 38.0 Å². The van der Waals surface area contributed by atoms with E-state index in [4.69, 9.17) is 9.25 Å². The number of benzene rings is 2. The molecule has 0 amide bonds. The average molecular weight is 334 g/mol. The van der Waals surface area contributed by atoms with E-state index < -0.39 is 0 Å². The highest BCUT2D eigenvalue weighted by Gasteiger charge is 2.11. The molecule has 0 aliphatic rings. The average Bonchev–Trinajstić information content (AvgIpc) is 3.15. The molecular weight excluding hydrogens is 312 g/mol. The third kappa shape index (κ3) is 5.62. The highest BCUT2D eigenvalue weighted by molar-refractivity contribution is 5.83. The molecule has 0 radical (unpaired) electrons. The Morgan fingerprint density at radius 1 is 0.920 bits per heavy atom. The quantitative estimate of drug-likeness (QED) is 0.441. The van der Waals surface area contributed by atoms with Gasteiger partial charge in [-0.15, -0.1) is 0 Å². The molecule has 0 unspecified atom stereocenters. The lowest BCUT2D eigenvalue weighted by Gasteiger charge is -2.21. The number of hydrogen-bond acceptors (Lipinski definition) is 4. The Labute approximate surface area is 148 Å². The van der Waals surface area contributed by atoms with Gasteiger partial charge in [-0.25, -0.2) is 0 Å². The molecule has 0 bridgehead atoms. The summed E-state index contributed by atoms with van der Waals surface area (Å²) in [6.45, 7) is 4.21. The minimum absolute atomic E-state index is 0.697. The maximum atomic E-state index is 5.50. The lowest BCUT2D eigenvalue weighted by molar-refractivity contribution is 0.262. The van der Waals surface area contributed by atoms with E-state index in [1.165, 1.54) is 5.56 Å². The van der Waals surface area contributed by atoms with Gasteiger partial charge in [-0.05, 0) is 36.8 Å². The summed E-state index contributed by atoms with van der Waals surface area (Å²) >= 11 is 0. The summed E-state index contributed by atoms with van der Waals surface area (Å²) in [6.07, 6.45) is 1.70. The zero-order valence-corrected chi connectivity index (χ0v) is 14.3. The second-order valence-electron chi connectivity index (χ2n) is 5.94. The van der Waals surface area contributed by atoms with Gasteiger partial charge in [-0.2, -0.15) is 0 Å². The number of hydrogen-bond donors (Lipinski definition) is 0. The van der Waals surface area contributed by atoms with Crippen LogP contribution in [0.15, 0.2) is 88.6 Å². The Hall–Kier alpha value is -2.85. The lowest BCUT2D eigenvalue weighted by Crippen LogP contribution is -2.28. The van der Waals surface area contributed by atoms with E-state index in [0.29, 0.717) is 6.54 Å². The molecule has 3 aromatic rings. The fourth-order valence-electron chi connectivity index (χ4n) is 2.60. The van der Waals surface area contributed by atoms with Gasteiger partial charge in [0.15, 0.2) is 5.75 Å². The predicted octanol–water partition coefficient (Wildman–Crippen LogP) is 4.74. The largest absolute Gasteiger partial charge is 0.468 e. The minimum Gasteiger partial charge on any atom is -0.468 e. The van der Waals surface area contributed by atoms with Gasteiger partial charge >= 0.3 is 0 Å². The van der Waals surface area contributed by atoms with Crippen LogP contribution >= 0.6 is 0 Å². The Bertz CT molecular complexity index is 768. The van der Waals surface area contributed by atoms with Crippen LogP contribution in [-0.2, 0) is 13.1 Å². The number of oxime groups is 1. The normalized spacial score (nSPS) is 11.7. The smallest absolute Gasteiger partial charge is 0.157 e. The van der Waals surface area contributed by atoms with Gasteiger partial charge in [0.1, 0.15) is 5.76 Å². The highest BCUT2D eigenvalue weighted by Crippen LogP contribution is 2.12. The Morgan fingerprint density at radius 3 is 2.32 bits per heavy atom. The van der Waals surface area contributed by atoms with Crippen LogP contribution in [-0.4, -0.2) is 17.2 Å². The van der Waals surface area contributed by atoms with Crippen LogP contribution in [0.25, 0.3) is 0 Å². The van der Waals surface area contributed by atoms with Gasteiger partial charge in [0, 0.05) is 13.1 Å². The monoisotopic (exact) mass is 334 g/mol. The molecule has 0 N–H and O–H groups in total. The van der Waals surface area contributed by atoms with Crippen molar-refractivity contribution in [2.45, 2.75) is 20.0 Å². The Kier molecular flexibility index (Phi) is 6.01. The first-order valence-electron chi connectivity index (χ1n) is 8.34. The zero-order valence-electron chi connectivity index (χ0n) is 14.3. The highest BCUT2D eigenvalue weighted by atomic mass is 16.6. The van der Waals surface area contributed by atoms with E-state index in [0.717, 1.165) is 30.3 Å². The van der Waals surface area contributed by atoms with Crippen molar-refractivity contribution in [3.05, 3.63) is 90.4 Å². The molecule has 0 saturated carbocycles. The van der Waals surface area contributed by atoms with E-state index in [1.807, 2.05) is 55.5 Å². The van der Waals surface area contributed by atoms with Gasteiger partial charge in [0.25, 0.3) is 0 Å². The van der Waals surface area contributed by atoms with Gasteiger partial charge in [-0.1, -0.05) is 53.7 Å². The standard InChI is InChI=1S/C21H22N2O2/c1-18(22-25-20-11-6-3-7-12-20)15-23(17-21-13-8-14-24-21)16-19-9-4-2-5-10-19/h2-14H,15-17H2,1H3/b22-18+. The molecule has 0 fully saturated rings. The van der Waals surface area contributed by atoms with Crippen LogP contribution in [0, 0.1) is 0 Å². The van der Waals surface area contributed by atoms with E-state index >= 15 is 0 Å². The Balaban J connectivity index is 1.65. The van der Waals surface area contributed by atoms with Crippen molar-refractivity contribution in [3.63, 3.8) is 0 Å². The van der Waals surface area contributed by atoms with E-state index in [1.54, 1.807) is 6.26 Å². The molecule has 3 rings (SSSR count).